The summed E-state index contributed by atoms with van der Waals surface area (Å²) in [5.74, 6) is 6.63. The SMILES string of the molecule is C[Si](C)(C)c1ccc(C#Cc2ccc3cc4ccccc4cc3c2)cc1. The van der Waals surface area contributed by atoms with Crippen molar-refractivity contribution in [1.82, 2.24) is 0 Å². The van der Waals surface area contributed by atoms with Crippen LogP contribution in [-0.4, -0.2) is 8.07 Å². The number of fused-ring (bicyclic) bond motifs is 2. The van der Waals surface area contributed by atoms with Gasteiger partial charge in [0.15, 0.2) is 0 Å². The summed E-state index contributed by atoms with van der Waals surface area (Å²) in [6.45, 7) is 7.10. The van der Waals surface area contributed by atoms with Crippen molar-refractivity contribution in [2.75, 3.05) is 0 Å². The van der Waals surface area contributed by atoms with Crippen LogP contribution in [0.3, 0.4) is 0 Å². The van der Waals surface area contributed by atoms with Crippen LogP contribution in [-0.2, 0) is 0 Å². The summed E-state index contributed by atoms with van der Waals surface area (Å²) < 4.78 is 0. The molecule has 0 aliphatic rings. The lowest BCUT2D eigenvalue weighted by atomic mass is 10.0. The topological polar surface area (TPSA) is 0 Å². The molecular formula is C25H22Si. The van der Waals surface area contributed by atoms with E-state index in [1.807, 2.05) is 0 Å². The van der Waals surface area contributed by atoms with Gasteiger partial charge in [0.05, 0.1) is 8.07 Å². The molecule has 26 heavy (non-hydrogen) atoms. The van der Waals surface area contributed by atoms with Gasteiger partial charge in [0.2, 0.25) is 0 Å². The van der Waals surface area contributed by atoms with E-state index in [9.17, 15) is 0 Å². The average molecular weight is 351 g/mol. The van der Waals surface area contributed by atoms with Crippen molar-refractivity contribution < 1.29 is 0 Å². The lowest BCUT2D eigenvalue weighted by Gasteiger charge is -2.15. The van der Waals surface area contributed by atoms with Gasteiger partial charge >= 0.3 is 0 Å². The molecule has 1 heteroatoms. The smallest absolute Gasteiger partial charge is 0.0656 e. The zero-order chi connectivity index (χ0) is 18.1. The standard InChI is InChI=1S/C25H22Si/c1-26(2,3)25-14-11-19(12-15-25)8-9-20-10-13-23-17-21-6-4-5-7-22(21)18-24(23)16-20/h4-7,10-18H,1-3H3. The van der Waals surface area contributed by atoms with Crippen LogP contribution in [0.4, 0.5) is 0 Å². The molecule has 0 amide bonds. The number of rotatable bonds is 1. The quantitative estimate of drug-likeness (QED) is 0.226. The van der Waals surface area contributed by atoms with E-state index in [0.717, 1.165) is 11.1 Å². The molecule has 0 aromatic heterocycles. The molecule has 4 rings (SSSR count). The normalized spacial score (nSPS) is 11.3. The first-order valence-corrected chi connectivity index (χ1v) is 12.5. The van der Waals surface area contributed by atoms with Gasteiger partial charge in [-0.05, 0) is 57.9 Å². The predicted molar refractivity (Wildman–Crippen MR) is 117 cm³/mol. The third-order valence-corrected chi connectivity index (χ3v) is 6.87. The van der Waals surface area contributed by atoms with Crippen LogP contribution in [0.15, 0.2) is 78.9 Å². The number of hydrogen-bond donors (Lipinski definition) is 0. The zero-order valence-corrected chi connectivity index (χ0v) is 16.5. The molecule has 0 fully saturated rings. The van der Waals surface area contributed by atoms with Gasteiger partial charge in [-0.1, -0.05) is 79.1 Å². The summed E-state index contributed by atoms with van der Waals surface area (Å²) in [5.41, 5.74) is 2.13. The van der Waals surface area contributed by atoms with Crippen LogP contribution >= 0.6 is 0 Å². The molecule has 4 aromatic rings. The Bertz CT molecular complexity index is 1150. The van der Waals surface area contributed by atoms with Crippen LogP contribution < -0.4 is 5.19 Å². The van der Waals surface area contributed by atoms with Gasteiger partial charge in [0.25, 0.3) is 0 Å². The molecule has 0 saturated heterocycles. The minimum absolute atomic E-state index is 1.06. The Morgan fingerprint density at radius 2 is 1.08 bits per heavy atom. The van der Waals surface area contributed by atoms with Gasteiger partial charge < -0.3 is 0 Å². The maximum atomic E-state index is 3.32. The van der Waals surface area contributed by atoms with E-state index < -0.39 is 8.07 Å². The monoisotopic (exact) mass is 350 g/mol. The summed E-state index contributed by atoms with van der Waals surface area (Å²) in [5, 5.41) is 6.52. The molecule has 0 atom stereocenters. The molecule has 0 saturated carbocycles. The largest absolute Gasteiger partial charge is 0.0775 e. The highest BCUT2D eigenvalue weighted by molar-refractivity contribution is 6.88. The summed E-state index contributed by atoms with van der Waals surface area (Å²) >= 11 is 0. The molecule has 0 bridgehead atoms. The summed E-state index contributed by atoms with van der Waals surface area (Å²) in [6.07, 6.45) is 0. The average Bonchev–Trinajstić information content (AvgIpc) is 2.64. The van der Waals surface area contributed by atoms with Gasteiger partial charge in [-0.25, -0.2) is 0 Å². The molecule has 0 aliphatic heterocycles. The molecule has 0 N–H and O–H groups in total. The molecule has 4 aromatic carbocycles. The van der Waals surface area contributed by atoms with Crippen molar-refractivity contribution >= 4 is 34.8 Å². The minimum atomic E-state index is -1.24. The Kier molecular flexibility index (Phi) is 4.15. The zero-order valence-electron chi connectivity index (χ0n) is 15.5. The fraction of sp³-hybridized carbons (Fsp3) is 0.120. The van der Waals surface area contributed by atoms with E-state index >= 15 is 0 Å². The third kappa shape index (κ3) is 3.42. The maximum Gasteiger partial charge on any atom is 0.0775 e. The van der Waals surface area contributed by atoms with E-state index in [4.69, 9.17) is 0 Å². The first-order chi connectivity index (χ1) is 12.5. The molecule has 0 aliphatic carbocycles. The molecule has 0 radical (unpaired) electrons. The highest BCUT2D eigenvalue weighted by Crippen LogP contribution is 2.23. The maximum absolute atomic E-state index is 3.32. The number of benzene rings is 4. The Morgan fingerprint density at radius 1 is 0.538 bits per heavy atom. The summed E-state index contributed by atoms with van der Waals surface area (Å²) in [7, 11) is -1.24. The van der Waals surface area contributed by atoms with E-state index in [2.05, 4.69) is 110 Å². The lowest BCUT2D eigenvalue weighted by molar-refractivity contribution is 1.63. The van der Waals surface area contributed by atoms with Gasteiger partial charge in [0.1, 0.15) is 0 Å². The van der Waals surface area contributed by atoms with Crippen molar-refractivity contribution in [3.8, 4) is 11.8 Å². The first kappa shape index (κ1) is 16.6. The van der Waals surface area contributed by atoms with Crippen molar-refractivity contribution in [2.24, 2.45) is 0 Å². The van der Waals surface area contributed by atoms with E-state index in [1.54, 1.807) is 0 Å². The predicted octanol–water partition coefficient (Wildman–Crippen LogP) is 5.94. The molecule has 0 nitrogen and oxygen atoms in total. The van der Waals surface area contributed by atoms with E-state index in [-0.39, 0.29) is 0 Å². The second-order valence-electron chi connectivity index (χ2n) is 7.84. The summed E-state index contributed by atoms with van der Waals surface area (Å²) in [6, 6.07) is 28.2. The van der Waals surface area contributed by atoms with Crippen LogP contribution in [0.5, 0.6) is 0 Å². The summed E-state index contributed by atoms with van der Waals surface area (Å²) in [4.78, 5) is 0. The Labute approximate surface area is 156 Å². The molecular weight excluding hydrogens is 328 g/mol. The highest BCUT2D eigenvalue weighted by Gasteiger charge is 2.15. The Morgan fingerprint density at radius 3 is 1.73 bits per heavy atom. The van der Waals surface area contributed by atoms with E-state index in [0.29, 0.717) is 0 Å². The van der Waals surface area contributed by atoms with Gasteiger partial charge in [0, 0.05) is 11.1 Å². The highest BCUT2D eigenvalue weighted by atomic mass is 28.3. The van der Waals surface area contributed by atoms with Gasteiger partial charge in [-0.2, -0.15) is 0 Å². The van der Waals surface area contributed by atoms with Crippen molar-refractivity contribution in [1.29, 1.82) is 0 Å². The second-order valence-corrected chi connectivity index (χ2v) is 12.9. The lowest BCUT2D eigenvalue weighted by Crippen LogP contribution is -2.37. The Hall–Kier alpha value is -2.82. The minimum Gasteiger partial charge on any atom is -0.0656 e. The van der Waals surface area contributed by atoms with Crippen molar-refractivity contribution in [2.45, 2.75) is 19.6 Å². The fourth-order valence-electron chi connectivity index (χ4n) is 3.22. The molecule has 0 unspecified atom stereocenters. The van der Waals surface area contributed by atoms with E-state index in [1.165, 1.54) is 26.7 Å². The first-order valence-electron chi connectivity index (χ1n) is 9.04. The third-order valence-electron chi connectivity index (χ3n) is 4.81. The second kappa shape index (κ2) is 6.48. The molecule has 126 valence electrons. The van der Waals surface area contributed by atoms with Crippen LogP contribution in [0, 0.1) is 11.8 Å². The molecule has 0 heterocycles. The van der Waals surface area contributed by atoms with Crippen LogP contribution in [0.25, 0.3) is 21.5 Å². The van der Waals surface area contributed by atoms with Crippen molar-refractivity contribution in [3.63, 3.8) is 0 Å². The van der Waals surface area contributed by atoms with Crippen LogP contribution in [0.1, 0.15) is 11.1 Å². The number of hydrogen-bond acceptors (Lipinski definition) is 0. The van der Waals surface area contributed by atoms with Crippen LogP contribution in [0.2, 0.25) is 19.6 Å². The Balaban J connectivity index is 1.67. The van der Waals surface area contributed by atoms with Crippen molar-refractivity contribution in [3.05, 3.63) is 90.0 Å². The fourth-order valence-corrected chi connectivity index (χ4v) is 4.38. The molecule has 0 spiro atoms. The van der Waals surface area contributed by atoms with Gasteiger partial charge in [-0.3, -0.25) is 0 Å². The van der Waals surface area contributed by atoms with Gasteiger partial charge in [-0.15, -0.1) is 0 Å².